The fourth-order valence-electron chi connectivity index (χ4n) is 3.67. The van der Waals surface area contributed by atoms with Gasteiger partial charge in [-0.15, -0.1) is 0 Å². The maximum absolute atomic E-state index is 12.9. The monoisotopic (exact) mass is 422 g/mol. The molecule has 0 bridgehead atoms. The van der Waals surface area contributed by atoms with Crippen LogP contribution in [0, 0.1) is 12.8 Å². The van der Waals surface area contributed by atoms with Crippen molar-refractivity contribution in [3.8, 4) is 5.69 Å². The number of benzene rings is 1. The van der Waals surface area contributed by atoms with Gasteiger partial charge in [0.2, 0.25) is 5.91 Å². The van der Waals surface area contributed by atoms with Crippen LogP contribution in [0.3, 0.4) is 0 Å². The Bertz CT molecular complexity index is 902. The van der Waals surface area contributed by atoms with Crippen LogP contribution in [-0.4, -0.2) is 34.7 Å². The summed E-state index contributed by atoms with van der Waals surface area (Å²) in [6.45, 7) is 2.19. The van der Waals surface area contributed by atoms with E-state index < -0.39 is 17.6 Å². The molecule has 2 N–H and O–H groups in total. The minimum atomic E-state index is -4.46. The van der Waals surface area contributed by atoms with E-state index in [0.717, 1.165) is 37.8 Å². The number of hydrogen-bond acceptors (Lipinski definition) is 3. The van der Waals surface area contributed by atoms with Gasteiger partial charge in [-0.1, -0.05) is 25.3 Å². The first-order chi connectivity index (χ1) is 14.3. The number of aromatic nitrogens is 2. The highest BCUT2D eigenvalue weighted by Gasteiger charge is 2.30. The lowest BCUT2D eigenvalue weighted by molar-refractivity contribution is -0.137. The number of carbonyl (C=O) groups is 2. The molecule has 1 heterocycles. The molecule has 1 aliphatic carbocycles. The molecule has 2 aromatic rings. The third-order valence-electron chi connectivity index (χ3n) is 5.36. The van der Waals surface area contributed by atoms with Gasteiger partial charge in [-0.25, -0.2) is 4.68 Å². The van der Waals surface area contributed by atoms with Gasteiger partial charge < -0.3 is 10.6 Å². The summed E-state index contributed by atoms with van der Waals surface area (Å²) in [6.07, 6.45) is 2.00. The van der Waals surface area contributed by atoms with E-state index in [1.54, 1.807) is 6.92 Å². The third-order valence-corrected chi connectivity index (χ3v) is 5.36. The quantitative estimate of drug-likeness (QED) is 0.698. The van der Waals surface area contributed by atoms with Crippen LogP contribution in [0.4, 0.5) is 13.2 Å². The molecule has 30 heavy (non-hydrogen) atoms. The Kier molecular flexibility index (Phi) is 6.79. The van der Waals surface area contributed by atoms with Crippen molar-refractivity contribution in [3.05, 3.63) is 47.3 Å². The number of amides is 2. The fourth-order valence-corrected chi connectivity index (χ4v) is 3.67. The summed E-state index contributed by atoms with van der Waals surface area (Å²) in [5, 5.41) is 9.62. The zero-order chi connectivity index (χ0) is 21.7. The van der Waals surface area contributed by atoms with Crippen LogP contribution in [0.5, 0.6) is 0 Å². The second kappa shape index (κ2) is 9.32. The lowest BCUT2D eigenvalue weighted by atomic mass is 9.89. The van der Waals surface area contributed by atoms with Gasteiger partial charge in [0.15, 0.2) is 0 Å². The van der Waals surface area contributed by atoms with E-state index in [9.17, 15) is 22.8 Å². The van der Waals surface area contributed by atoms with Gasteiger partial charge in [-0.05, 0) is 38.0 Å². The van der Waals surface area contributed by atoms with Gasteiger partial charge in [-0.3, -0.25) is 9.59 Å². The molecule has 0 atom stereocenters. The largest absolute Gasteiger partial charge is 0.416 e. The SMILES string of the molecule is Cc1c(C(=O)NCCNC(=O)C2CCCCC2)cnn1-c1cccc(C(F)(F)F)c1. The number of nitrogens with zero attached hydrogens (tertiary/aromatic N) is 2. The molecule has 2 amide bonds. The summed E-state index contributed by atoms with van der Waals surface area (Å²) in [4.78, 5) is 24.5. The van der Waals surface area contributed by atoms with Crippen molar-refractivity contribution in [2.45, 2.75) is 45.2 Å². The lowest BCUT2D eigenvalue weighted by Crippen LogP contribution is -2.38. The Morgan fingerprint density at radius 3 is 2.53 bits per heavy atom. The normalized spacial score (nSPS) is 15.1. The van der Waals surface area contributed by atoms with E-state index in [-0.39, 0.29) is 29.6 Å². The average molecular weight is 422 g/mol. The molecule has 3 rings (SSSR count). The van der Waals surface area contributed by atoms with Crippen molar-refractivity contribution in [2.75, 3.05) is 13.1 Å². The predicted octanol–water partition coefficient (Wildman–Crippen LogP) is 3.63. The van der Waals surface area contributed by atoms with Crippen molar-refractivity contribution >= 4 is 11.8 Å². The molecule has 0 saturated heterocycles. The van der Waals surface area contributed by atoms with Crippen molar-refractivity contribution in [2.24, 2.45) is 5.92 Å². The number of carbonyl (C=O) groups excluding carboxylic acids is 2. The second-order valence-corrected chi connectivity index (χ2v) is 7.49. The predicted molar refractivity (Wildman–Crippen MR) is 105 cm³/mol. The highest BCUT2D eigenvalue weighted by atomic mass is 19.4. The summed E-state index contributed by atoms with van der Waals surface area (Å²) in [5.41, 5.74) is 0.139. The Labute approximate surface area is 172 Å². The maximum atomic E-state index is 12.9. The van der Waals surface area contributed by atoms with E-state index in [1.165, 1.54) is 29.4 Å². The molecule has 1 aromatic carbocycles. The topological polar surface area (TPSA) is 76.0 Å². The highest BCUT2D eigenvalue weighted by Crippen LogP contribution is 2.30. The number of nitrogens with one attached hydrogen (secondary N) is 2. The van der Waals surface area contributed by atoms with Gasteiger partial charge >= 0.3 is 6.18 Å². The molecule has 0 aliphatic heterocycles. The standard InChI is InChI=1S/C21H25F3N4O2/c1-14-18(13-27-28(14)17-9-5-8-16(12-17)21(22,23)24)20(30)26-11-10-25-19(29)15-6-3-2-4-7-15/h5,8-9,12-13,15H,2-4,6-7,10-11H2,1H3,(H,25,29)(H,26,30). The van der Waals surface area contributed by atoms with Crippen molar-refractivity contribution in [1.82, 2.24) is 20.4 Å². The van der Waals surface area contributed by atoms with Crippen molar-refractivity contribution < 1.29 is 22.8 Å². The zero-order valence-corrected chi connectivity index (χ0v) is 16.8. The second-order valence-electron chi connectivity index (χ2n) is 7.49. The summed E-state index contributed by atoms with van der Waals surface area (Å²) < 4.78 is 40.1. The molecule has 9 heteroatoms. The third kappa shape index (κ3) is 5.20. The molecule has 0 spiro atoms. The van der Waals surface area contributed by atoms with E-state index in [4.69, 9.17) is 0 Å². The van der Waals surface area contributed by atoms with Gasteiger partial charge in [0.05, 0.1) is 28.7 Å². The summed E-state index contributed by atoms with van der Waals surface area (Å²) in [7, 11) is 0. The Hall–Kier alpha value is -2.84. The molecule has 0 unspecified atom stereocenters. The lowest BCUT2D eigenvalue weighted by Gasteiger charge is -2.20. The molecule has 1 aromatic heterocycles. The molecule has 1 aliphatic rings. The van der Waals surface area contributed by atoms with Crippen molar-refractivity contribution in [3.63, 3.8) is 0 Å². The Morgan fingerprint density at radius 2 is 1.83 bits per heavy atom. The fraction of sp³-hybridized carbons (Fsp3) is 0.476. The van der Waals surface area contributed by atoms with Gasteiger partial charge in [-0.2, -0.15) is 18.3 Å². The van der Waals surface area contributed by atoms with Crippen LogP contribution in [-0.2, 0) is 11.0 Å². The molecular weight excluding hydrogens is 397 g/mol. The minimum absolute atomic E-state index is 0.0255. The summed E-state index contributed by atoms with van der Waals surface area (Å²) in [6, 6.07) is 4.77. The number of hydrogen-bond donors (Lipinski definition) is 2. The van der Waals surface area contributed by atoms with Crippen LogP contribution in [0.15, 0.2) is 30.5 Å². The van der Waals surface area contributed by atoms with Gasteiger partial charge in [0, 0.05) is 19.0 Å². The first-order valence-corrected chi connectivity index (χ1v) is 10.1. The van der Waals surface area contributed by atoms with E-state index in [0.29, 0.717) is 12.2 Å². The first-order valence-electron chi connectivity index (χ1n) is 10.1. The molecule has 162 valence electrons. The van der Waals surface area contributed by atoms with E-state index >= 15 is 0 Å². The number of halogens is 3. The minimum Gasteiger partial charge on any atom is -0.354 e. The van der Waals surface area contributed by atoms with Crippen LogP contribution >= 0.6 is 0 Å². The molecule has 0 radical (unpaired) electrons. The number of rotatable bonds is 6. The van der Waals surface area contributed by atoms with E-state index in [1.807, 2.05) is 0 Å². The summed E-state index contributed by atoms with van der Waals surface area (Å²) in [5.74, 6) is -0.308. The van der Waals surface area contributed by atoms with E-state index in [2.05, 4.69) is 15.7 Å². The highest BCUT2D eigenvalue weighted by molar-refractivity contribution is 5.95. The Balaban J connectivity index is 1.56. The Morgan fingerprint density at radius 1 is 1.13 bits per heavy atom. The first kappa shape index (κ1) is 21.9. The van der Waals surface area contributed by atoms with Gasteiger partial charge in [0.1, 0.15) is 0 Å². The zero-order valence-electron chi connectivity index (χ0n) is 16.8. The van der Waals surface area contributed by atoms with Crippen LogP contribution < -0.4 is 10.6 Å². The van der Waals surface area contributed by atoms with Crippen molar-refractivity contribution in [1.29, 1.82) is 0 Å². The van der Waals surface area contributed by atoms with Crippen LogP contribution in [0.25, 0.3) is 5.69 Å². The molecule has 1 fully saturated rings. The van der Waals surface area contributed by atoms with Crippen LogP contribution in [0.1, 0.15) is 53.7 Å². The molecular formula is C21H25F3N4O2. The number of alkyl halides is 3. The maximum Gasteiger partial charge on any atom is 0.416 e. The summed E-state index contributed by atoms with van der Waals surface area (Å²) >= 11 is 0. The smallest absolute Gasteiger partial charge is 0.354 e. The average Bonchev–Trinajstić information content (AvgIpc) is 3.12. The van der Waals surface area contributed by atoms with Gasteiger partial charge in [0.25, 0.3) is 5.91 Å². The van der Waals surface area contributed by atoms with Crippen LogP contribution in [0.2, 0.25) is 0 Å². The molecule has 1 saturated carbocycles. The molecule has 6 nitrogen and oxygen atoms in total.